The molecule has 0 saturated heterocycles. The molecule has 0 aliphatic carbocycles. The Balaban J connectivity index is 1.95. The number of thiophene rings is 1. The van der Waals surface area contributed by atoms with Crippen LogP contribution in [0.15, 0.2) is 41.8 Å². The fourth-order valence-corrected chi connectivity index (χ4v) is 2.59. The van der Waals surface area contributed by atoms with E-state index in [4.69, 9.17) is 0 Å². The number of aryl methyl sites for hydroxylation is 1. The molecular formula is C14H13N5OS. The van der Waals surface area contributed by atoms with Crippen molar-refractivity contribution in [3.8, 4) is 5.69 Å². The molecule has 0 aliphatic heterocycles. The third kappa shape index (κ3) is 2.68. The second-order valence-electron chi connectivity index (χ2n) is 4.31. The first-order valence-electron chi connectivity index (χ1n) is 6.51. The quantitative estimate of drug-likeness (QED) is 0.803. The molecule has 0 radical (unpaired) electrons. The Labute approximate surface area is 125 Å². The van der Waals surface area contributed by atoms with E-state index in [-0.39, 0.29) is 5.91 Å². The van der Waals surface area contributed by atoms with Crippen molar-refractivity contribution in [1.82, 2.24) is 20.2 Å². The number of para-hydroxylation sites is 2. The number of nitrogens with zero attached hydrogens (tertiary/aromatic N) is 4. The number of nitrogens with one attached hydrogen (secondary N) is 1. The predicted octanol–water partition coefficient (Wildman–Crippen LogP) is 2.54. The monoisotopic (exact) mass is 299 g/mol. The van der Waals surface area contributed by atoms with E-state index in [1.54, 1.807) is 10.7 Å². The highest BCUT2D eigenvalue weighted by Gasteiger charge is 2.13. The highest BCUT2D eigenvalue weighted by Crippen LogP contribution is 2.21. The molecule has 1 amide bonds. The van der Waals surface area contributed by atoms with Gasteiger partial charge in [0.1, 0.15) is 0 Å². The standard InChI is InChI=1S/C14H13N5OS/c1-2-13-16-17-18-19(13)11-7-4-3-6-10(11)15-14(20)12-8-5-9-21-12/h3-9H,2H2,1H3,(H,15,20). The maximum Gasteiger partial charge on any atom is 0.265 e. The van der Waals surface area contributed by atoms with Gasteiger partial charge in [0, 0.05) is 6.42 Å². The zero-order valence-corrected chi connectivity index (χ0v) is 12.2. The van der Waals surface area contributed by atoms with Gasteiger partial charge in [0.15, 0.2) is 5.82 Å². The van der Waals surface area contributed by atoms with Crippen molar-refractivity contribution in [1.29, 1.82) is 0 Å². The van der Waals surface area contributed by atoms with Crippen molar-refractivity contribution < 1.29 is 4.79 Å². The first kappa shape index (κ1) is 13.4. The summed E-state index contributed by atoms with van der Waals surface area (Å²) in [5.74, 6) is 0.608. The molecule has 0 spiro atoms. The average molecular weight is 299 g/mol. The van der Waals surface area contributed by atoms with Crippen LogP contribution in [0.5, 0.6) is 0 Å². The number of benzene rings is 1. The summed E-state index contributed by atoms with van der Waals surface area (Å²) >= 11 is 1.40. The lowest BCUT2D eigenvalue weighted by atomic mass is 10.2. The van der Waals surface area contributed by atoms with E-state index in [1.165, 1.54) is 11.3 Å². The molecule has 0 atom stereocenters. The molecule has 3 aromatic rings. The van der Waals surface area contributed by atoms with Gasteiger partial charge < -0.3 is 5.32 Å². The highest BCUT2D eigenvalue weighted by molar-refractivity contribution is 7.12. The zero-order valence-electron chi connectivity index (χ0n) is 11.4. The van der Waals surface area contributed by atoms with Crippen LogP contribution in [-0.4, -0.2) is 26.1 Å². The first-order chi connectivity index (χ1) is 10.3. The molecule has 0 fully saturated rings. The number of rotatable bonds is 4. The second kappa shape index (κ2) is 5.84. The van der Waals surface area contributed by atoms with Crippen LogP contribution in [0.3, 0.4) is 0 Å². The second-order valence-corrected chi connectivity index (χ2v) is 5.26. The van der Waals surface area contributed by atoms with Crippen molar-refractivity contribution >= 4 is 22.9 Å². The Morgan fingerprint density at radius 2 is 2.14 bits per heavy atom. The van der Waals surface area contributed by atoms with Crippen LogP contribution in [0, 0.1) is 0 Å². The SMILES string of the molecule is CCc1nnnn1-c1ccccc1NC(=O)c1cccs1. The number of amides is 1. The topological polar surface area (TPSA) is 72.7 Å². The van der Waals surface area contributed by atoms with Crippen LogP contribution in [0.1, 0.15) is 22.4 Å². The van der Waals surface area contributed by atoms with Gasteiger partial charge in [-0.15, -0.1) is 16.4 Å². The zero-order chi connectivity index (χ0) is 14.7. The summed E-state index contributed by atoms with van der Waals surface area (Å²) in [6.45, 7) is 1.98. The van der Waals surface area contributed by atoms with Crippen molar-refractivity contribution in [3.05, 3.63) is 52.5 Å². The summed E-state index contributed by atoms with van der Waals surface area (Å²) in [5, 5.41) is 16.4. The van der Waals surface area contributed by atoms with Gasteiger partial charge in [-0.05, 0) is 34.0 Å². The Morgan fingerprint density at radius 1 is 1.29 bits per heavy atom. The summed E-state index contributed by atoms with van der Waals surface area (Å²) in [7, 11) is 0. The molecule has 0 bridgehead atoms. The third-order valence-corrected chi connectivity index (χ3v) is 3.84. The van der Waals surface area contributed by atoms with Gasteiger partial charge in [-0.3, -0.25) is 4.79 Å². The van der Waals surface area contributed by atoms with Crippen molar-refractivity contribution in [2.75, 3.05) is 5.32 Å². The van der Waals surface area contributed by atoms with E-state index in [1.807, 2.05) is 42.6 Å². The number of carbonyl (C=O) groups is 1. The molecule has 2 aromatic heterocycles. The van der Waals surface area contributed by atoms with Crippen molar-refractivity contribution in [2.45, 2.75) is 13.3 Å². The first-order valence-corrected chi connectivity index (χ1v) is 7.39. The minimum atomic E-state index is -0.136. The maximum atomic E-state index is 12.2. The average Bonchev–Trinajstić information content (AvgIpc) is 3.19. The van der Waals surface area contributed by atoms with Gasteiger partial charge in [-0.2, -0.15) is 4.68 Å². The molecule has 6 nitrogen and oxygen atoms in total. The van der Waals surface area contributed by atoms with E-state index < -0.39 is 0 Å². The third-order valence-electron chi connectivity index (χ3n) is 2.98. The minimum absolute atomic E-state index is 0.136. The van der Waals surface area contributed by atoms with Crippen LogP contribution in [0.2, 0.25) is 0 Å². The lowest BCUT2D eigenvalue weighted by Crippen LogP contribution is -2.13. The number of carbonyl (C=O) groups excluding carboxylic acids is 1. The molecule has 0 unspecified atom stereocenters. The number of anilines is 1. The van der Waals surface area contributed by atoms with Crippen LogP contribution in [0.4, 0.5) is 5.69 Å². The molecule has 1 aromatic carbocycles. The van der Waals surface area contributed by atoms with Crippen molar-refractivity contribution in [2.24, 2.45) is 0 Å². The van der Waals surface area contributed by atoms with Crippen LogP contribution >= 0.6 is 11.3 Å². The van der Waals surface area contributed by atoms with E-state index in [9.17, 15) is 4.79 Å². The van der Waals surface area contributed by atoms with Crippen LogP contribution in [-0.2, 0) is 6.42 Å². The molecule has 2 heterocycles. The fourth-order valence-electron chi connectivity index (χ4n) is 1.97. The van der Waals surface area contributed by atoms with E-state index in [2.05, 4.69) is 20.8 Å². The number of hydrogen-bond donors (Lipinski definition) is 1. The van der Waals surface area contributed by atoms with Crippen molar-refractivity contribution in [3.63, 3.8) is 0 Å². The Morgan fingerprint density at radius 3 is 2.90 bits per heavy atom. The summed E-state index contributed by atoms with van der Waals surface area (Å²) in [5.41, 5.74) is 1.43. The van der Waals surface area contributed by atoms with Gasteiger partial charge in [-0.25, -0.2) is 0 Å². The summed E-state index contributed by atoms with van der Waals surface area (Å²) in [6, 6.07) is 11.1. The van der Waals surface area contributed by atoms with Gasteiger partial charge in [0.05, 0.1) is 16.3 Å². The Bertz CT molecular complexity index is 750. The Hall–Kier alpha value is -2.54. The van der Waals surface area contributed by atoms with E-state index in [0.29, 0.717) is 17.0 Å². The largest absolute Gasteiger partial charge is 0.319 e. The van der Waals surface area contributed by atoms with Gasteiger partial charge >= 0.3 is 0 Å². The minimum Gasteiger partial charge on any atom is -0.319 e. The summed E-state index contributed by atoms with van der Waals surface area (Å²) < 4.78 is 1.64. The number of hydrogen-bond acceptors (Lipinski definition) is 5. The van der Waals surface area contributed by atoms with Crippen LogP contribution < -0.4 is 5.32 Å². The predicted molar refractivity (Wildman–Crippen MR) is 80.8 cm³/mol. The molecule has 7 heteroatoms. The number of aromatic nitrogens is 4. The molecule has 3 rings (SSSR count). The molecule has 106 valence electrons. The lowest BCUT2D eigenvalue weighted by molar-refractivity contribution is 0.103. The normalized spacial score (nSPS) is 10.5. The van der Waals surface area contributed by atoms with Gasteiger partial charge in [-0.1, -0.05) is 25.1 Å². The maximum absolute atomic E-state index is 12.2. The molecular weight excluding hydrogens is 286 g/mol. The number of tetrazole rings is 1. The molecule has 0 saturated carbocycles. The summed E-state index contributed by atoms with van der Waals surface area (Å²) in [4.78, 5) is 12.9. The Kier molecular flexibility index (Phi) is 3.74. The van der Waals surface area contributed by atoms with Gasteiger partial charge in [0.25, 0.3) is 5.91 Å². The van der Waals surface area contributed by atoms with E-state index >= 15 is 0 Å². The summed E-state index contributed by atoms with van der Waals surface area (Å²) in [6.07, 6.45) is 0.709. The molecule has 1 N–H and O–H groups in total. The van der Waals surface area contributed by atoms with Gasteiger partial charge in [0.2, 0.25) is 0 Å². The smallest absolute Gasteiger partial charge is 0.265 e. The van der Waals surface area contributed by atoms with E-state index in [0.717, 1.165) is 11.5 Å². The fraction of sp³-hybridized carbons (Fsp3) is 0.143. The highest BCUT2D eigenvalue weighted by atomic mass is 32.1. The molecule has 0 aliphatic rings. The van der Waals surface area contributed by atoms with Crippen LogP contribution in [0.25, 0.3) is 5.69 Å². The molecule has 21 heavy (non-hydrogen) atoms. The lowest BCUT2D eigenvalue weighted by Gasteiger charge is -2.10.